The van der Waals surface area contributed by atoms with Gasteiger partial charge in [-0.15, -0.1) is 5.10 Å². The summed E-state index contributed by atoms with van der Waals surface area (Å²) in [6.07, 6.45) is 0. The number of carbonyl (C=O) groups excluding carboxylic acids is 1. The van der Waals surface area contributed by atoms with Crippen LogP contribution < -0.4 is 14.6 Å². The number of hydrogen-bond acceptors (Lipinski definition) is 6. The third kappa shape index (κ3) is 4.10. The van der Waals surface area contributed by atoms with Crippen LogP contribution in [0, 0.1) is 11.3 Å². The Morgan fingerprint density at radius 1 is 1.13 bits per heavy atom. The van der Waals surface area contributed by atoms with Gasteiger partial charge in [-0.3, -0.25) is 4.79 Å². The molecule has 0 atom stereocenters. The third-order valence-electron chi connectivity index (χ3n) is 5.19. The topological polar surface area (TPSA) is 72.2 Å². The molecule has 1 heterocycles. The lowest BCUT2D eigenvalue weighted by Gasteiger charge is -2.22. The molecule has 0 aromatic heterocycles. The molecule has 1 aliphatic rings. The second-order valence-corrected chi connectivity index (χ2v) is 7.19. The van der Waals surface area contributed by atoms with Crippen LogP contribution in [-0.2, 0) is 4.79 Å². The second-order valence-electron chi connectivity index (χ2n) is 7.19. The highest BCUT2D eigenvalue weighted by atomic mass is 16.5. The van der Waals surface area contributed by atoms with Crippen LogP contribution in [-0.4, -0.2) is 50.9 Å². The molecule has 0 fully saturated rings. The maximum Gasteiger partial charge on any atom is 0.283 e. The van der Waals surface area contributed by atoms with Gasteiger partial charge < -0.3 is 14.5 Å². The normalized spacial score (nSPS) is 14.8. The molecule has 0 N–H and O–H groups in total. The first kappa shape index (κ1) is 21.9. The molecule has 7 heteroatoms. The maximum atomic E-state index is 13.4. The van der Waals surface area contributed by atoms with Gasteiger partial charge in [0, 0.05) is 44.5 Å². The number of hydrogen-bond donors (Lipinski definition) is 0. The van der Waals surface area contributed by atoms with Crippen molar-refractivity contribution in [2.75, 3.05) is 44.2 Å². The smallest absolute Gasteiger partial charge is 0.283 e. The quantitative estimate of drug-likeness (QED) is 0.529. The van der Waals surface area contributed by atoms with Gasteiger partial charge in [0.2, 0.25) is 0 Å². The lowest BCUT2D eigenvalue weighted by molar-refractivity contribution is -0.114. The van der Waals surface area contributed by atoms with Crippen LogP contribution in [0.1, 0.15) is 19.4 Å². The van der Waals surface area contributed by atoms with E-state index in [1.807, 2.05) is 48.5 Å². The van der Waals surface area contributed by atoms with E-state index in [1.54, 1.807) is 26.1 Å². The zero-order valence-corrected chi connectivity index (χ0v) is 18.6. The predicted molar refractivity (Wildman–Crippen MR) is 124 cm³/mol. The molecular formula is C24H27N5O2. The van der Waals surface area contributed by atoms with Gasteiger partial charge in [-0.25, -0.2) is 0 Å². The number of amidine groups is 1. The molecule has 31 heavy (non-hydrogen) atoms. The number of methoxy groups -OCH3 is 1. The highest BCUT2D eigenvalue weighted by Crippen LogP contribution is 2.35. The van der Waals surface area contributed by atoms with Gasteiger partial charge in [0.15, 0.2) is 5.84 Å². The SMILES string of the molecule is CCN(CC)c1ccc(/C(C#N)=C2/C(=O)N(c3ccccc3)N=C2N(C)C)c(OC)c1. The Morgan fingerprint density at radius 2 is 1.81 bits per heavy atom. The average Bonchev–Trinajstić information content (AvgIpc) is 3.13. The summed E-state index contributed by atoms with van der Waals surface area (Å²) in [5.74, 6) is 0.624. The monoisotopic (exact) mass is 417 g/mol. The highest BCUT2D eigenvalue weighted by molar-refractivity contribution is 6.34. The van der Waals surface area contributed by atoms with Crippen molar-refractivity contribution in [2.45, 2.75) is 13.8 Å². The van der Waals surface area contributed by atoms with Crippen LogP contribution in [0.3, 0.4) is 0 Å². The largest absolute Gasteiger partial charge is 0.496 e. The van der Waals surface area contributed by atoms with Crippen molar-refractivity contribution >= 4 is 28.7 Å². The fourth-order valence-electron chi connectivity index (χ4n) is 3.59. The first-order valence-corrected chi connectivity index (χ1v) is 10.2. The summed E-state index contributed by atoms with van der Waals surface area (Å²) in [6.45, 7) is 5.88. The van der Waals surface area contributed by atoms with Gasteiger partial charge in [0.1, 0.15) is 17.4 Å². The van der Waals surface area contributed by atoms with E-state index in [2.05, 4.69) is 29.9 Å². The van der Waals surface area contributed by atoms with E-state index in [4.69, 9.17) is 4.74 Å². The molecule has 0 aliphatic carbocycles. The number of nitrogens with zero attached hydrogens (tertiary/aromatic N) is 5. The Balaban J connectivity index is 2.17. The summed E-state index contributed by atoms with van der Waals surface area (Å²) in [7, 11) is 5.17. The Bertz CT molecular complexity index is 1060. The summed E-state index contributed by atoms with van der Waals surface area (Å²) in [5, 5.41) is 15.9. The predicted octanol–water partition coefficient (Wildman–Crippen LogP) is 3.74. The van der Waals surface area contributed by atoms with Crippen molar-refractivity contribution < 1.29 is 9.53 Å². The second kappa shape index (κ2) is 9.35. The molecule has 1 aliphatic heterocycles. The molecule has 3 rings (SSSR count). The zero-order valence-electron chi connectivity index (χ0n) is 18.6. The number of allylic oxidation sites excluding steroid dienone is 1. The summed E-state index contributed by atoms with van der Waals surface area (Å²) >= 11 is 0. The van der Waals surface area contributed by atoms with Gasteiger partial charge in [0.25, 0.3) is 5.91 Å². The van der Waals surface area contributed by atoms with E-state index in [0.717, 1.165) is 18.8 Å². The molecular weight excluding hydrogens is 390 g/mol. The van der Waals surface area contributed by atoms with Gasteiger partial charge in [-0.05, 0) is 38.1 Å². The molecule has 0 saturated heterocycles. The fourth-order valence-corrected chi connectivity index (χ4v) is 3.59. The van der Waals surface area contributed by atoms with Crippen molar-refractivity contribution in [2.24, 2.45) is 5.10 Å². The van der Waals surface area contributed by atoms with Crippen molar-refractivity contribution in [1.29, 1.82) is 5.26 Å². The Kier molecular flexibility index (Phi) is 6.61. The Morgan fingerprint density at radius 3 is 2.35 bits per heavy atom. The van der Waals surface area contributed by atoms with E-state index in [-0.39, 0.29) is 17.1 Å². The number of benzene rings is 2. The molecule has 2 aromatic rings. The summed E-state index contributed by atoms with van der Waals surface area (Å²) < 4.78 is 5.62. The third-order valence-corrected chi connectivity index (χ3v) is 5.19. The number of rotatable bonds is 6. The van der Waals surface area contributed by atoms with E-state index in [0.29, 0.717) is 22.8 Å². The number of likely N-dealkylation sites (N-methyl/N-ethyl adjacent to an activating group) is 1. The van der Waals surface area contributed by atoms with Gasteiger partial charge in [-0.2, -0.15) is 10.3 Å². The summed E-state index contributed by atoms with van der Waals surface area (Å²) in [5.41, 5.74) is 2.69. The average molecular weight is 418 g/mol. The van der Waals surface area contributed by atoms with Crippen molar-refractivity contribution in [3.8, 4) is 11.8 Å². The molecule has 7 nitrogen and oxygen atoms in total. The number of nitriles is 1. The summed E-state index contributed by atoms with van der Waals surface area (Å²) in [6, 6.07) is 17.1. The maximum absolute atomic E-state index is 13.4. The first-order chi connectivity index (χ1) is 15.0. The van der Waals surface area contributed by atoms with E-state index in [1.165, 1.54) is 5.01 Å². The Hall–Kier alpha value is -3.79. The fraction of sp³-hybridized carbons (Fsp3) is 0.292. The number of para-hydroxylation sites is 1. The molecule has 0 unspecified atom stereocenters. The zero-order chi connectivity index (χ0) is 22.5. The molecule has 0 saturated carbocycles. The van der Waals surface area contributed by atoms with E-state index < -0.39 is 0 Å². The van der Waals surface area contributed by atoms with Crippen LogP contribution in [0.2, 0.25) is 0 Å². The van der Waals surface area contributed by atoms with E-state index in [9.17, 15) is 10.1 Å². The minimum Gasteiger partial charge on any atom is -0.496 e. The molecule has 0 radical (unpaired) electrons. The molecule has 0 spiro atoms. The number of hydrazone groups is 1. The van der Waals surface area contributed by atoms with Gasteiger partial charge >= 0.3 is 0 Å². The lowest BCUT2D eigenvalue weighted by atomic mass is 9.98. The van der Waals surface area contributed by atoms with Crippen LogP contribution in [0.5, 0.6) is 5.75 Å². The van der Waals surface area contributed by atoms with Crippen LogP contribution in [0.15, 0.2) is 59.2 Å². The van der Waals surface area contributed by atoms with Crippen molar-refractivity contribution in [3.63, 3.8) is 0 Å². The van der Waals surface area contributed by atoms with Crippen LogP contribution in [0.25, 0.3) is 5.57 Å². The highest BCUT2D eigenvalue weighted by Gasteiger charge is 2.36. The van der Waals surface area contributed by atoms with Crippen molar-refractivity contribution in [1.82, 2.24) is 4.90 Å². The number of carbonyl (C=O) groups is 1. The number of anilines is 2. The lowest BCUT2D eigenvalue weighted by Crippen LogP contribution is -2.26. The molecule has 1 amide bonds. The van der Waals surface area contributed by atoms with Gasteiger partial charge in [-0.1, -0.05) is 18.2 Å². The van der Waals surface area contributed by atoms with Crippen LogP contribution >= 0.6 is 0 Å². The standard InChI is InChI=1S/C24H27N5O2/c1-6-28(7-2)18-13-14-19(21(15-18)31-5)20(16-25)22-23(27(3)4)26-29(24(22)30)17-11-9-8-10-12-17/h8-15H,6-7H2,1-5H3/b22-20+. The van der Waals surface area contributed by atoms with Crippen LogP contribution in [0.4, 0.5) is 11.4 Å². The van der Waals surface area contributed by atoms with Crippen molar-refractivity contribution in [3.05, 3.63) is 59.7 Å². The minimum atomic E-state index is -0.346. The van der Waals surface area contributed by atoms with E-state index >= 15 is 0 Å². The first-order valence-electron chi connectivity index (χ1n) is 10.2. The molecule has 160 valence electrons. The molecule has 0 bridgehead atoms. The molecule has 2 aromatic carbocycles. The Labute approximate surface area is 183 Å². The number of ether oxygens (including phenoxy) is 1. The minimum absolute atomic E-state index is 0.235. The number of amides is 1. The van der Waals surface area contributed by atoms with Gasteiger partial charge in [0.05, 0.1) is 18.4 Å². The summed E-state index contributed by atoms with van der Waals surface area (Å²) in [4.78, 5) is 17.3.